The number of nitrogens with two attached hydrogens (primary N) is 1. The minimum atomic E-state index is 0.477. The average Bonchev–Trinajstić information content (AvgIpc) is 3.20. The number of aromatic nitrogens is 4. The predicted octanol–water partition coefficient (Wildman–Crippen LogP) is 2.64. The van der Waals surface area contributed by atoms with Gasteiger partial charge in [0, 0.05) is 12.5 Å². The smallest absolute Gasteiger partial charge is 0.134 e. The Morgan fingerprint density at radius 1 is 1.43 bits per heavy atom. The molecule has 2 N–H and O–H groups in total. The highest BCUT2D eigenvalue weighted by Crippen LogP contribution is 2.37. The van der Waals surface area contributed by atoms with Crippen molar-refractivity contribution in [1.82, 2.24) is 19.1 Å². The summed E-state index contributed by atoms with van der Waals surface area (Å²) >= 11 is 0. The summed E-state index contributed by atoms with van der Waals surface area (Å²) in [4.78, 5) is 9.05. The van der Waals surface area contributed by atoms with Crippen LogP contribution in [0.15, 0.2) is 12.5 Å². The third-order valence-corrected chi connectivity index (χ3v) is 4.30. The van der Waals surface area contributed by atoms with Crippen LogP contribution in [-0.2, 0) is 13.1 Å². The van der Waals surface area contributed by atoms with Gasteiger partial charge in [-0.15, -0.1) is 6.42 Å². The highest BCUT2D eigenvalue weighted by molar-refractivity contribution is 5.68. The molecule has 0 aliphatic heterocycles. The van der Waals surface area contributed by atoms with Gasteiger partial charge in [-0.3, -0.25) is 0 Å². The van der Waals surface area contributed by atoms with E-state index in [0.29, 0.717) is 18.3 Å². The largest absolute Gasteiger partial charge is 0.383 e. The van der Waals surface area contributed by atoms with E-state index in [2.05, 4.69) is 22.4 Å². The number of hydrogen-bond acceptors (Lipinski definition) is 3. The fourth-order valence-corrected chi connectivity index (χ4v) is 3.19. The Labute approximate surface area is 125 Å². The molecule has 21 heavy (non-hydrogen) atoms. The third-order valence-electron chi connectivity index (χ3n) is 4.30. The molecule has 1 fully saturated rings. The Bertz CT molecular complexity index is 667. The summed E-state index contributed by atoms with van der Waals surface area (Å²) in [7, 11) is 0. The molecule has 5 heteroatoms. The molecule has 2 aromatic rings. The van der Waals surface area contributed by atoms with Crippen molar-refractivity contribution in [2.75, 3.05) is 5.73 Å². The van der Waals surface area contributed by atoms with Gasteiger partial charge in [0.1, 0.15) is 17.3 Å². The maximum Gasteiger partial charge on any atom is 0.134 e. The van der Waals surface area contributed by atoms with Crippen molar-refractivity contribution >= 4 is 5.82 Å². The van der Waals surface area contributed by atoms with Gasteiger partial charge in [-0.25, -0.2) is 9.97 Å². The lowest BCUT2D eigenvalue weighted by atomic mass is 10.1. The fraction of sp³-hybridized carbons (Fsp3) is 0.500. The van der Waals surface area contributed by atoms with Gasteiger partial charge in [-0.05, 0) is 19.8 Å². The molecule has 0 aromatic carbocycles. The molecule has 2 heterocycles. The van der Waals surface area contributed by atoms with E-state index in [1.807, 2.05) is 17.1 Å². The molecule has 0 saturated heterocycles. The molecular formula is C16H21N5. The van der Waals surface area contributed by atoms with Gasteiger partial charge < -0.3 is 14.9 Å². The molecule has 0 amide bonds. The van der Waals surface area contributed by atoms with E-state index < -0.39 is 0 Å². The molecule has 5 nitrogen and oxygen atoms in total. The Morgan fingerprint density at radius 2 is 2.19 bits per heavy atom. The number of aryl methyl sites for hydroxylation is 1. The highest BCUT2D eigenvalue weighted by atomic mass is 15.2. The first-order valence-electron chi connectivity index (χ1n) is 7.56. The van der Waals surface area contributed by atoms with Crippen LogP contribution in [0, 0.1) is 12.3 Å². The molecule has 1 aliphatic rings. The summed E-state index contributed by atoms with van der Waals surface area (Å²) in [6.45, 7) is 3.40. The lowest BCUT2D eigenvalue weighted by molar-refractivity contribution is 0.622. The molecule has 3 rings (SSSR count). The lowest BCUT2D eigenvalue weighted by Crippen LogP contribution is -2.09. The van der Waals surface area contributed by atoms with E-state index >= 15 is 0 Å². The zero-order valence-corrected chi connectivity index (χ0v) is 12.4. The van der Waals surface area contributed by atoms with Crippen LogP contribution >= 0.6 is 0 Å². The van der Waals surface area contributed by atoms with Crippen LogP contribution in [-0.4, -0.2) is 19.1 Å². The number of nitrogen functional groups attached to an aromatic ring is 1. The van der Waals surface area contributed by atoms with Crippen molar-refractivity contribution in [1.29, 1.82) is 0 Å². The van der Waals surface area contributed by atoms with Crippen molar-refractivity contribution in [2.45, 2.75) is 51.6 Å². The molecule has 0 bridgehead atoms. The Hall–Kier alpha value is -2.22. The van der Waals surface area contributed by atoms with Crippen molar-refractivity contribution in [3.05, 3.63) is 18.3 Å². The van der Waals surface area contributed by atoms with Crippen LogP contribution < -0.4 is 5.73 Å². The van der Waals surface area contributed by atoms with Crippen LogP contribution in [0.2, 0.25) is 0 Å². The first kappa shape index (κ1) is 13.7. The number of rotatable bonds is 4. The third kappa shape index (κ3) is 2.31. The van der Waals surface area contributed by atoms with E-state index in [9.17, 15) is 0 Å². The van der Waals surface area contributed by atoms with Crippen molar-refractivity contribution in [2.24, 2.45) is 0 Å². The van der Waals surface area contributed by atoms with Gasteiger partial charge in [0.2, 0.25) is 0 Å². The maximum absolute atomic E-state index is 6.34. The van der Waals surface area contributed by atoms with E-state index in [-0.39, 0.29) is 0 Å². The molecule has 1 saturated carbocycles. The van der Waals surface area contributed by atoms with Gasteiger partial charge in [0.25, 0.3) is 0 Å². The quantitative estimate of drug-likeness (QED) is 0.877. The Kier molecular flexibility index (Phi) is 3.70. The SMILES string of the molecule is C#CCn1c(C2CCCC2)nc(-c2cncn2CC)c1N. The maximum atomic E-state index is 6.34. The van der Waals surface area contributed by atoms with E-state index in [4.69, 9.17) is 17.1 Å². The zero-order chi connectivity index (χ0) is 14.8. The van der Waals surface area contributed by atoms with Crippen molar-refractivity contribution < 1.29 is 0 Å². The van der Waals surface area contributed by atoms with Gasteiger partial charge in [0.05, 0.1) is 24.8 Å². The first-order valence-corrected chi connectivity index (χ1v) is 7.56. The van der Waals surface area contributed by atoms with Gasteiger partial charge in [-0.1, -0.05) is 18.8 Å². The normalized spacial score (nSPS) is 15.4. The topological polar surface area (TPSA) is 61.7 Å². The highest BCUT2D eigenvalue weighted by Gasteiger charge is 2.26. The zero-order valence-electron chi connectivity index (χ0n) is 12.4. The number of hydrogen-bond donors (Lipinski definition) is 1. The van der Waals surface area contributed by atoms with Crippen LogP contribution in [0.5, 0.6) is 0 Å². The van der Waals surface area contributed by atoms with Crippen molar-refractivity contribution in [3.8, 4) is 23.7 Å². The van der Waals surface area contributed by atoms with Crippen LogP contribution in [0.25, 0.3) is 11.4 Å². The van der Waals surface area contributed by atoms with Crippen molar-refractivity contribution in [3.63, 3.8) is 0 Å². The summed E-state index contributed by atoms with van der Waals surface area (Å²) in [5, 5.41) is 0. The van der Waals surface area contributed by atoms with Gasteiger partial charge in [0.15, 0.2) is 0 Å². The van der Waals surface area contributed by atoms with Gasteiger partial charge >= 0.3 is 0 Å². The minimum absolute atomic E-state index is 0.477. The summed E-state index contributed by atoms with van der Waals surface area (Å²) in [6.07, 6.45) is 14.0. The van der Waals surface area contributed by atoms with Crippen LogP contribution in [0.1, 0.15) is 44.3 Å². The summed E-state index contributed by atoms with van der Waals surface area (Å²) in [5.74, 6) is 4.88. The monoisotopic (exact) mass is 283 g/mol. The predicted molar refractivity (Wildman–Crippen MR) is 83.6 cm³/mol. The second-order valence-corrected chi connectivity index (χ2v) is 5.54. The van der Waals surface area contributed by atoms with Crippen LogP contribution in [0.3, 0.4) is 0 Å². The van der Waals surface area contributed by atoms with E-state index in [1.165, 1.54) is 25.7 Å². The molecule has 0 spiro atoms. The standard InChI is InChI=1S/C16H21N5/c1-3-9-21-15(17)14(13-10-18-11-20(13)4-2)19-16(21)12-7-5-6-8-12/h1,10-12H,4-9,17H2,2H3. The lowest BCUT2D eigenvalue weighted by Gasteiger charge is -2.11. The average molecular weight is 283 g/mol. The summed E-state index contributed by atoms with van der Waals surface area (Å²) in [6, 6.07) is 0. The minimum Gasteiger partial charge on any atom is -0.383 e. The molecule has 0 radical (unpaired) electrons. The first-order chi connectivity index (χ1) is 10.3. The molecule has 0 atom stereocenters. The van der Waals surface area contributed by atoms with E-state index in [0.717, 1.165) is 23.8 Å². The van der Waals surface area contributed by atoms with Crippen LogP contribution in [0.4, 0.5) is 5.82 Å². The number of nitrogens with zero attached hydrogens (tertiary/aromatic N) is 4. The Balaban J connectivity index is 2.10. The van der Waals surface area contributed by atoms with Gasteiger partial charge in [-0.2, -0.15) is 0 Å². The molecular weight excluding hydrogens is 262 g/mol. The Morgan fingerprint density at radius 3 is 2.86 bits per heavy atom. The number of anilines is 1. The second kappa shape index (κ2) is 5.65. The number of imidazole rings is 2. The number of terminal acetylenes is 1. The fourth-order valence-electron chi connectivity index (χ4n) is 3.19. The second-order valence-electron chi connectivity index (χ2n) is 5.54. The molecule has 0 unspecified atom stereocenters. The van der Waals surface area contributed by atoms with E-state index in [1.54, 1.807) is 0 Å². The molecule has 110 valence electrons. The molecule has 2 aromatic heterocycles. The summed E-state index contributed by atoms with van der Waals surface area (Å²) < 4.78 is 4.05. The molecule has 1 aliphatic carbocycles. The summed E-state index contributed by atoms with van der Waals surface area (Å²) in [5.41, 5.74) is 8.11.